The first-order valence-electron chi connectivity index (χ1n) is 12.7. The van der Waals surface area contributed by atoms with Crippen molar-refractivity contribution in [2.24, 2.45) is 0 Å². The molecule has 0 atom stereocenters. The SMILES string of the molecule is Fc1ccccc1-c1cccc2[nH]c(-c3n[nH]c4ccc(-c5cncc(OCc6ccccc6)c5)cc34)cc12. The summed E-state index contributed by atoms with van der Waals surface area (Å²) in [7, 11) is 0. The second-order valence-electron chi connectivity index (χ2n) is 9.45. The number of pyridine rings is 1. The van der Waals surface area contributed by atoms with Gasteiger partial charge in [-0.2, -0.15) is 5.10 Å². The molecule has 0 fully saturated rings. The molecule has 0 amide bonds. The molecule has 6 heteroatoms. The summed E-state index contributed by atoms with van der Waals surface area (Å²) in [4.78, 5) is 7.89. The monoisotopic (exact) mass is 510 g/mol. The standard InChI is InChI=1S/C33H23FN4O/c34-29-11-5-4-9-26(29)25-10-6-12-30-27(25)17-32(36-30)33-28-16-22(13-14-31(28)37-38-33)23-15-24(19-35-18-23)39-20-21-7-2-1-3-8-21/h1-19,36H,20H2,(H,37,38). The number of ether oxygens (including phenoxy) is 1. The van der Waals surface area contributed by atoms with Crippen molar-refractivity contribution in [1.29, 1.82) is 0 Å². The fraction of sp³-hybridized carbons (Fsp3) is 0.0303. The summed E-state index contributed by atoms with van der Waals surface area (Å²) < 4.78 is 20.6. The predicted molar refractivity (Wildman–Crippen MR) is 153 cm³/mol. The van der Waals surface area contributed by atoms with Crippen LogP contribution >= 0.6 is 0 Å². The van der Waals surface area contributed by atoms with Gasteiger partial charge in [0.25, 0.3) is 0 Å². The van der Waals surface area contributed by atoms with Crippen molar-refractivity contribution in [3.8, 4) is 39.4 Å². The van der Waals surface area contributed by atoms with Crippen LogP contribution in [0.5, 0.6) is 5.75 Å². The Morgan fingerprint density at radius 3 is 2.44 bits per heavy atom. The first-order valence-corrected chi connectivity index (χ1v) is 12.7. The molecule has 0 aliphatic rings. The van der Waals surface area contributed by atoms with Crippen molar-refractivity contribution in [1.82, 2.24) is 20.2 Å². The number of fused-ring (bicyclic) bond motifs is 2. The molecule has 0 aliphatic carbocycles. The van der Waals surface area contributed by atoms with Crippen molar-refractivity contribution >= 4 is 21.8 Å². The highest BCUT2D eigenvalue weighted by molar-refractivity contribution is 6.01. The fourth-order valence-corrected chi connectivity index (χ4v) is 4.99. The molecule has 4 aromatic carbocycles. The molecule has 7 rings (SSSR count). The van der Waals surface area contributed by atoms with E-state index in [0.717, 1.165) is 55.4 Å². The van der Waals surface area contributed by atoms with E-state index in [9.17, 15) is 4.39 Å². The van der Waals surface area contributed by atoms with Crippen LogP contribution in [0.25, 0.3) is 55.4 Å². The van der Waals surface area contributed by atoms with Crippen molar-refractivity contribution in [3.63, 3.8) is 0 Å². The van der Waals surface area contributed by atoms with Gasteiger partial charge in [0.2, 0.25) is 0 Å². The van der Waals surface area contributed by atoms with E-state index >= 15 is 0 Å². The number of hydrogen-bond acceptors (Lipinski definition) is 3. The minimum absolute atomic E-state index is 0.244. The number of aromatic amines is 2. The summed E-state index contributed by atoms with van der Waals surface area (Å²) in [6.07, 6.45) is 3.56. The lowest BCUT2D eigenvalue weighted by atomic mass is 10.0. The molecule has 7 aromatic rings. The average molecular weight is 511 g/mol. The molecular weight excluding hydrogens is 487 g/mol. The third-order valence-electron chi connectivity index (χ3n) is 6.94. The van der Waals surface area contributed by atoms with Gasteiger partial charge < -0.3 is 9.72 Å². The third-order valence-corrected chi connectivity index (χ3v) is 6.94. The Bertz CT molecular complexity index is 1940. The summed E-state index contributed by atoms with van der Waals surface area (Å²) in [5, 5.41) is 9.69. The smallest absolute Gasteiger partial charge is 0.138 e. The molecule has 3 aromatic heterocycles. The lowest BCUT2D eigenvalue weighted by Crippen LogP contribution is -1.95. The Labute approximate surface area is 223 Å². The normalized spacial score (nSPS) is 11.3. The summed E-state index contributed by atoms with van der Waals surface area (Å²) in [5.41, 5.74) is 7.97. The van der Waals surface area contributed by atoms with Crippen LogP contribution in [-0.2, 0) is 6.61 Å². The number of benzene rings is 4. The topological polar surface area (TPSA) is 66.6 Å². The molecule has 3 heterocycles. The molecule has 0 bridgehead atoms. The van der Waals surface area contributed by atoms with E-state index in [1.807, 2.05) is 85.1 Å². The van der Waals surface area contributed by atoms with Crippen LogP contribution in [0.2, 0.25) is 0 Å². The third kappa shape index (κ3) is 4.32. The van der Waals surface area contributed by atoms with Crippen LogP contribution in [0.15, 0.2) is 116 Å². The highest BCUT2D eigenvalue weighted by Gasteiger charge is 2.15. The van der Waals surface area contributed by atoms with Gasteiger partial charge in [-0.05, 0) is 53.1 Å². The lowest BCUT2D eigenvalue weighted by molar-refractivity contribution is 0.305. The van der Waals surface area contributed by atoms with Crippen molar-refractivity contribution < 1.29 is 9.13 Å². The van der Waals surface area contributed by atoms with Crippen LogP contribution in [0.1, 0.15) is 5.56 Å². The van der Waals surface area contributed by atoms with Gasteiger partial charge in [-0.15, -0.1) is 0 Å². The zero-order valence-electron chi connectivity index (χ0n) is 20.9. The molecule has 0 saturated heterocycles. The van der Waals surface area contributed by atoms with Gasteiger partial charge in [0, 0.05) is 33.6 Å². The van der Waals surface area contributed by atoms with Crippen molar-refractivity contribution in [3.05, 3.63) is 127 Å². The predicted octanol–water partition coefficient (Wildman–Crippen LogP) is 8.16. The average Bonchev–Trinajstić information content (AvgIpc) is 3.61. The van der Waals surface area contributed by atoms with Gasteiger partial charge in [0.1, 0.15) is 23.9 Å². The van der Waals surface area contributed by atoms with E-state index in [1.54, 1.807) is 18.3 Å². The maximum atomic E-state index is 14.6. The summed E-state index contributed by atoms with van der Waals surface area (Å²) in [6.45, 7) is 0.478. The van der Waals surface area contributed by atoms with E-state index in [4.69, 9.17) is 4.74 Å². The molecule has 39 heavy (non-hydrogen) atoms. The summed E-state index contributed by atoms with van der Waals surface area (Å²) >= 11 is 0. The van der Waals surface area contributed by atoms with Gasteiger partial charge in [0.05, 0.1) is 17.4 Å². The molecule has 0 unspecified atom stereocenters. The van der Waals surface area contributed by atoms with Gasteiger partial charge in [0.15, 0.2) is 0 Å². The van der Waals surface area contributed by atoms with E-state index in [0.29, 0.717) is 17.9 Å². The summed E-state index contributed by atoms with van der Waals surface area (Å²) in [5.74, 6) is 0.464. The van der Waals surface area contributed by atoms with Crippen LogP contribution < -0.4 is 4.74 Å². The van der Waals surface area contributed by atoms with Gasteiger partial charge in [-0.3, -0.25) is 10.1 Å². The van der Waals surface area contributed by atoms with Gasteiger partial charge in [-0.25, -0.2) is 4.39 Å². The Morgan fingerprint density at radius 1 is 0.692 bits per heavy atom. The Morgan fingerprint density at radius 2 is 1.54 bits per heavy atom. The number of H-pyrrole nitrogens is 2. The number of hydrogen-bond donors (Lipinski definition) is 2. The highest BCUT2D eigenvalue weighted by Crippen LogP contribution is 2.36. The summed E-state index contributed by atoms with van der Waals surface area (Å²) in [6, 6.07) is 33.0. The highest BCUT2D eigenvalue weighted by atomic mass is 19.1. The zero-order chi connectivity index (χ0) is 26.2. The number of rotatable bonds is 6. The number of nitrogens with zero attached hydrogens (tertiary/aromatic N) is 2. The molecule has 2 N–H and O–H groups in total. The minimum Gasteiger partial charge on any atom is -0.487 e. The van der Waals surface area contributed by atoms with E-state index in [1.165, 1.54) is 6.07 Å². The van der Waals surface area contributed by atoms with Crippen molar-refractivity contribution in [2.75, 3.05) is 0 Å². The number of aromatic nitrogens is 4. The number of halogens is 1. The molecule has 5 nitrogen and oxygen atoms in total. The van der Waals surface area contributed by atoms with Crippen LogP contribution in [0.3, 0.4) is 0 Å². The molecule has 0 radical (unpaired) electrons. The van der Waals surface area contributed by atoms with Gasteiger partial charge >= 0.3 is 0 Å². The second kappa shape index (κ2) is 9.58. The molecular formula is C33H23FN4O. The second-order valence-corrected chi connectivity index (χ2v) is 9.45. The largest absolute Gasteiger partial charge is 0.487 e. The van der Waals surface area contributed by atoms with E-state index in [2.05, 4.69) is 26.2 Å². The zero-order valence-corrected chi connectivity index (χ0v) is 20.9. The Kier molecular flexibility index (Phi) is 5.63. The van der Waals surface area contributed by atoms with Crippen LogP contribution in [0.4, 0.5) is 4.39 Å². The van der Waals surface area contributed by atoms with E-state index < -0.39 is 0 Å². The Balaban J connectivity index is 1.25. The molecule has 188 valence electrons. The van der Waals surface area contributed by atoms with Crippen molar-refractivity contribution in [2.45, 2.75) is 6.61 Å². The lowest BCUT2D eigenvalue weighted by Gasteiger charge is -2.08. The quantitative estimate of drug-likeness (QED) is 0.237. The molecule has 0 aliphatic heterocycles. The maximum Gasteiger partial charge on any atom is 0.138 e. The van der Waals surface area contributed by atoms with E-state index in [-0.39, 0.29) is 5.82 Å². The van der Waals surface area contributed by atoms with Crippen LogP contribution in [-0.4, -0.2) is 20.2 Å². The fourth-order valence-electron chi connectivity index (χ4n) is 4.99. The van der Waals surface area contributed by atoms with Crippen LogP contribution in [0, 0.1) is 5.82 Å². The first kappa shape index (κ1) is 22.9. The molecule has 0 saturated carbocycles. The maximum absolute atomic E-state index is 14.6. The number of nitrogens with one attached hydrogen (secondary N) is 2. The minimum atomic E-state index is -0.244. The van der Waals surface area contributed by atoms with Gasteiger partial charge in [-0.1, -0.05) is 66.7 Å². The molecule has 0 spiro atoms. The first-order chi connectivity index (χ1) is 19.2. The Hall–Kier alpha value is -5.23.